The zero-order chi connectivity index (χ0) is 12.4. The van der Waals surface area contributed by atoms with Crippen LogP contribution < -0.4 is 0 Å². The van der Waals surface area contributed by atoms with Crippen molar-refractivity contribution in [3.8, 4) is 0 Å². The Morgan fingerprint density at radius 3 is 2.94 bits per heavy atom. The van der Waals surface area contributed by atoms with Gasteiger partial charge in [-0.05, 0) is 39.3 Å². The summed E-state index contributed by atoms with van der Waals surface area (Å²) in [5.41, 5.74) is 1.02. The van der Waals surface area contributed by atoms with Crippen molar-refractivity contribution in [3.05, 3.63) is 11.8 Å². The maximum Gasteiger partial charge on any atom is 0.333 e. The number of carbonyl (C=O) groups is 1. The number of likely N-dealkylation sites (tertiary alicyclic amines) is 1. The van der Waals surface area contributed by atoms with Gasteiger partial charge in [0.05, 0.1) is 5.70 Å². The first-order valence-electron chi connectivity index (χ1n) is 6.35. The Morgan fingerprint density at radius 2 is 2.35 bits per heavy atom. The van der Waals surface area contributed by atoms with E-state index in [4.69, 9.17) is 4.74 Å². The predicted molar refractivity (Wildman–Crippen MR) is 66.5 cm³/mol. The van der Waals surface area contributed by atoms with Crippen molar-refractivity contribution in [2.24, 2.45) is 5.92 Å². The summed E-state index contributed by atoms with van der Waals surface area (Å²) in [5, 5.41) is 0. The van der Waals surface area contributed by atoms with Gasteiger partial charge in [0, 0.05) is 25.7 Å². The van der Waals surface area contributed by atoms with E-state index in [-0.39, 0.29) is 5.97 Å². The predicted octanol–water partition coefficient (Wildman–Crippen LogP) is 1.09. The number of piperidine rings is 1. The lowest BCUT2D eigenvalue weighted by molar-refractivity contribution is -0.135. The highest BCUT2D eigenvalue weighted by Crippen LogP contribution is 2.23. The van der Waals surface area contributed by atoms with Crippen molar-refractivity contribution < 1.29 is 9.53 Å². The Hall–Kier alpha value is -1.03. The third-order valence-corrected chi connectivity index (χ3v) is 3.99. The van der Waals surface area contributed by atoms with Crippen LogP contribution in [-0.2, 0) is 9.53 Å². The molecule has 17 heavy (non-hydrogen) atoms. The number of cyclic esters (lactones) is 1. The fraction of sp³-hybridized carbons (Fsp3) is 0.769. The fourth-order valence-corrected chi connectivity index (χ4v) is 2.64. The molecule has 4 nitrogen and oxygen atoms in total. The molecule has 0 spiro atoms. The van der Waals surface area contributed by atoms with Gasteiger partial charge in [0.1, 0.15) is 6.61 Å². The van der Waals surface area contributed by atoms with Gasteiger partial charge in [-0.25, -0.2) is 4.79 Å². The number of hydrogen-bond donors (Lipinski definition) is 0. The summed E-state index contributed by atoms with van der Waals surface area (Å²) in [6, 6.07) is 0.664. The van der Waals surface area contributed by atoms with E-state index >= 15 is 0 Å². The fourth-order valence-electron chi connectivity index (χ4n) is 2.64. The summed E-state index contributed by atoms with van der Waals surface area (Å²) in [4.78, 5) is 15.6. The van der Waals surface area contributed by atoms with Gasteiger partial charge >= 0.3 is 5.97 Å². The number of hydrogen-bond acceptors (Lipinski definition) is 4. The second-order valence-electron chi connectivity index (χ2n) is 5.34. The maximum atomic E-state index is 11.0. The molecule has 0 amide bonds. The molecule has 0 aliphatic carbocycles. The van der Waals surface area contributed by atoms with E-state index in [1.165, 1.54) is 19.4 Å². The third kappa shape index (κ3) is 3.00. The zero-order valence-electron chi connectivity index (χ0n) is 11.0. The molecule has 0 aromatic carbocycles. The Balaban J connectivity index is 1.85. The molecule has 1 saturated heterocycles. The molecular formula is C13H22N2O2. The average Bonchev–Trinajstić information content (AvgIpc) is 2.70. The summed E-state index contributed by atoms with van der Waals surface area (Å²) in [7, 11) is 4.24. The molecule has 2 aliphatic rings. The first-order chi connectivity index (χ1) is 8.06. The van der Waals surface area contributed by atoms with Crippen LogP contribution in [0.25, 0.3) is 0 Å². The van der Waals surface area contributed by atoms with Crippen molar-refractivity contribution in [1.82, 2.24) is 9.80 Å². The van der Waals surface area contributed by atoms with Crippen LogP contribution in [0, 0.1) is 5.92 Å². The van der Waals surface area contributed by atoms with Gasteiger partial charge in [0.2, 0.25) is 0 Å². The minimum atomic E-state index is -0.205. The zero-order valence-corrected chi connectivity index (χ0v) is 11.0. The van der Waals surface area contributed by atoms with E-state index in [9.17, 15) is 4.79 Å². The van der Waals surface area contributed by atoms with E-state index in [1.807, 2.05) is 0 Å². The molecule has 2 heterocycles. The van der Waals surface area contributed by atoms with E-state index in [2.05, 4.69) is 30.8 Å². The van der Waals surface area contributed by atoms with Gasteiger partial charge in [-0.3, -0.25) is 0 Å². The van der Waals surface area contributed by atoms with Crippen molar-refractivity contribution in [1.29, 1.82) is 0 Å². The summed E-state index contributed by atoms with van der Waals surface area (Å²) < 4.78 is 4.93. The Bertz CT molecular complexity index is 327. The highest BCUT2D eigenvalue weighted by Gasteiger charge is 2.25. The first-order valence-corrected chi connectivity index (χ1v) is 6.35. The van der Waals surface area contributed by atoms with Crippen molar-refractivity contribution >= 4 is 5.97 Å². The van der Waals surface area contributed by atoms with Crippen LogP contribution in [0.4, 0.5) is 0 Å². The van der Waals surface area contributed by atoms with E-state index in [0.29, 0.717) is 12.6 Å². The second-order valence-corrected chi connectivity index (χ2v) is 5.34. The van der Waals surface area contributed by atoms with Crippen LogP contribution in [0.15, 0.2) is 11.8 Å². The highest BCUT2D eigenvalue weighted by molar-refractivity contribution is 5.85. The van der Waals surface area contributed by atoms with Crippen LogP contribution in [0.5, 0.6) is 0 Å². The normalized spacial score (nSPS) is 30.1. The molecular weight excluding hydrogens is 216 g/mol. The molecule has 2 rings (SSSR count). The molecule has 0 bridgehead atoms. The number of carbonyl (C=O) groups excluding carboxylic acids is 1. The average molecular weight is 238 g/mol. The van der Waals surface area contributed by atoms with Gasteiger partial charge in [0.15, 0.2) is 0 Å². The molecule has 2 unspecified atom stereocenters. The molecule has 1 fully saturated rings. The first kappa shape index (κ1) is 12.4. The summed E-state index contributed by atoms with van der Waals surface area (Å²) in [6.45, 7) is 4.93. The number of rotatable bonds is 3. The lowest BCUT2D eigenvalue weighted by atomic mass is 9.91. The molecule has 2 atom stereocenters. The summed E-state index contributed by atoms with van der Waals surface area (Å²) >= 11 is 0. The van der Waals surface area contributed by atoms with Crippen LogP contribution in [0.3, 0.4) is 0 Å². The molecule has 0 N–H and O–H groups in total. The van der Waals surface area contributed by atoms with Crippen molar-refractivity contribution in [2.45, 2.75) is 25.8 Å². The molecule has 0 radical (unpaired) electrons. The SMILES string of the molecule is CC1CC(CN(C)C2=CC(=O)OC2)CCN1C. The van der Waals surface area contributed by atoms with E-state index in [0.717, 1.165) is 18.2 Å². The largest absolute Gasteiger partial charge is 0.456 e. The van der Waals surface area contributed by atoms with Crippen molar-refractivity contribution in [2.75, 3.05) is 33.8 Å². The van der Waals surface area contributed by atoms with E-state index in [1.54, 1.807) is 6.08 Å². The number of likely N-dealkylation sites (N-methyl/N-ethyl adjacent to an activating group) is 1. The van der Waals surface area contributed by atoms with Gasteiger partial charge in [-0.1, -0.05) is 0 Å². The Kier molecular flexibility index (Phi) is 3.72. The number of nitrogens with zero attached hydrogens (tertiary/aromatic N) is 2. The quantitative estimate of drug-likeness (QED) is 0.689. The standard InChI is InChI=1S/C13H22N2O2/c1-10-6-11(4-5-14(10)2)8-15(3)12-7-13(16)17-9-12/h7,10-11H,4-6,8-9H2,1-3H3. The molecule has 0 saturated carbocycles. The second kappa shape index (κ2) is 5.08. The Morgan fingerprint density at radius 1 is 1.59 bits per heavy atom. The molecule has 96 valence electrons. The summed E-state index contributed by atoms with van der Waals surface area (Å²) in [5.74, 6) is 0.520. The van der Waals surface area contributed by atoms with Gasteiger partial charge in [-0.15, -0.1) is 0 Å². The lowest BCUT2D eigenvalue weighted by Crippen LogP contribution is -2.41. The van der Waals surface area contributed by atoms with Crippen LogP contribution in [0.2, 0.25) is 0 Å². The van der Waals surface area contributed by atoms with Crippen LogP contribution >= 0.6 is 0 Å². The van der Waals surface area contributed by atoms with Gasteiger partial charge in [-0.2, -0.15) is 0 Å². The van der Waals surface area contributed by atoms with Gasteiger partial charge < -0.3 is 14.5 Å². The molecule has 2 aliphatic heterocycles. The number of ether oxygens (including phenoxy) is 1. The van der Waals surface area contributed by atoms with Crippen LogP contribution in [0.1, 0.15) is 19.8 Å². The summed E-state index contributed by atoms with van der Waals surface area (Å²) in [6.07, 6.45) is 4.09. The highest BCUT2D eigenvalue weighted by atomic mass is 16.5. The van der Waals surface area contributed by atoms with Crippen molar-refractivity contribution in [3.63, 3.8) is 0 Å². The topological polar surface area (TPSA) is 32.8 Å². The number of esters is 1. The van der Waals surface area contributed by atoms with Crippen LogP contribution in [-0.4, -0.2) is 55.6 Å². The third-order valence-electron chi connectivity index (χ3n) is 3.99. The molecule has 0 aromatic rings. The maximum absolute atomic E-state index is 11.0. The minimum absolute atomic E-state index is 0.205. The lowest BCUT2D eigenvalue weighted by Gasteiger charge is -2.37. The minimum Gasteiger partial charge on any atom is -0.456 e. The van der Waals surface area contributed by atoms with Gasteiger partial charge in [0.25, 0.3) is 0 Å². The monoisotopic (exact) mass is 238 g/mol. The Labute approximate surface area is 103 Å². The smallest absolute Gasteiger partial charge is 0.333 e. The van der Waals surface area contributed by atoms with E-state index < -0.39 is 0 Å². The molecule has 4 heteroatoms. The molecule has 0 aromatic heterocycles.